The smallest absolute Gasteiger partial charge is 0.242 e. The lowest BCUT2D eigenvalue weighted by Gasteiger charge is -2.30. The predicted octanol–water partition coefficient (Wildman–Crippen LogP) is 5.09. The Kier molecular flexibility index (Phi) is 10.6. The van der Waals surface area contributed by atoms with E-state index >= 15 is 0 Å². The summed E-state index contributed by atoms with van der Waals surface area (Å²) in [6.07, 6.45) is 2.42. The van der Waals surface area contributed by atoms with Crippen LogP contribution in [0.3, 0.4) is 0 Å². The Morgan fingerprint density at radius 1 is 1.03 bits per heavy atom. The van der Waals surface area contributed by atoms with Crippen LogP contribution in [-0.4, -0.2) is 35.1 Å². The summed E-state index contributed by atoms with van der Waals surface area (Å²) in [7, 11) is 0. The number of carbonyl (C=O) groups is 2. The number of thioether (sulfide) groups is 1. The molecule has 2 aromatic carbocycles. The van der Waals surface area contributed by atoms with Crippen molar-refractivity contribution in [1.82, 2.24) is 10.2 Å². The first kappa shape index (κ1) is 24.9. The van der Waals surface area contributed by atoms with E-state index in [1.54, 1.807) is 17.0 Å². The highest BCUT2D eigenvalue weighted by molar-refractivity contribution is 7.99. The molecule has 0 spiro atoms. The summed E-state index contributed by atoms with van der Waals surface area (Å²) < 4.78 is 13.3. The molecule has 0 aliphatic rings. The number of amides is 2. The van der Waals surface area contributed by atoms with Crippen molar-refractivity contribution < 1.29 is 14.0 Å². The maximum atomic E-state index is 13.3. The fourth-order valence-electron chi connectivity index (χ4n) is 3.24. The van der Waals surface area contributed by atoms with Crippen LogP contribution in [0.1, 0.15) is 49.8 Å². The average molecular weight is 445 g/mol. The van der Waals surface area contributed by atoms with Crippen LogP contribution in [0.2, 0.25) is 0 Å². The zero-order chi connectivity index (χ0) is 22.6. The Balaban J connectivity index is 2.08. The first-order valence-corrected chi connectivity index (χ1v) is 12.0. The minimum atomic E-state index is -0.547. The van der Waals surface area contributed by atoms with E-state index < -0.39 is 6.04 Å². The van der Waals surface area contributed by atoms with Crippen LogP contribution in [0.5, 0.6) is 0 Å². The van der Waals surface area contributed by atoms with E-state index in [1.807, 2.05) is 13.8 Å². The molecule has 6 heteroatoms. The summed E-state index contributed by atoms with van der Waals surface area (Å²) >= 11 is 1.54. The van der Waals surface area contributed by atoms with Gasteiger partial charge in [-0.25, -0.2) is 4.39 Å². The molecule has 2 rings (SSSR count). The molecule has 1 atom stereocenters. The molecule has 0 heterocycles. The van der Waals surface area contributed by atoms with E-state index in [9.17, 15) is 14.0 Å². The van der Waals surface area contributed by atoms with Gasteiger partial charge >= 0.3 is 0 Å². The molecule has 0 aliphatic heterocycles. The van der Waals surface area contributed by atoms with Gasteiger partial charge in [0, 0.05) is 18.8 Å². The lowest BCUT2D eigenvalue weighted by Crippen LogP contribution is -2.49. The van der Waals surface area contributed by atoms with Gasteiger partial charge in [-0.1, -0.05) is 62.2 Å². The summed E-state index contributed by atoms with van der Waals surface area (Å²) in [5.41, 5.74) is 3.17. The number of unbranched alkanes of at least 4 members (excludes halogenated alkanes) is 1. The van der Waals surface area contributed by atoms with Gasteiger partial charge in [-0.2, -0.15) is 0 Å². The van der Waals surface area contributed by atoms with Crippen LogP contribution in [0.15, 0.2) is 48.5 Å². The second kappa shape index (κ2) is 13.2. The molecule has 168 valence electrons. The van der Waals surface area contributed by atoms with Crippen molar-refractivity contribution in [3.05, 3.63) is 71.0 Å². The second-order valence-corrected chi connectivity index (χ2v) is 8.68. The molecule has 0 bridgehead atoms. The van der Waals surface area contributed by atoms with Crippen molar-refractivity contribution in [3.63, 3.8) is 0 Å². The molecule has 0 saturated heterocycles. The largest absolute Gasteiger partial charge is 0.354 e. The van der Waals surface area contributed by atoms with Gasteiger partial charge in [0.15, 0.2) is 0 Å². The van der Waals surface area contributed by atoms with Crippen molar-refractivity contribution in [2.24, 2.45) is 0 Å². The molecule has 2 amide bonds. The van der Waals surface area contributed by atoms with E-state index in [-0.39, 0.29) is 29.9 Å². The van der Waals surface area contributed by atoms with Gasteiger partial charge in [-0.05, 0) is 43.0 Å². The topological polar surface area (TPSA) is 49.4 Å². The van der Waals surface area contributed by atoms with Gasteiger partial charge in [0.05, 0.1) is 5.75 Å². The average Bonchev–Trinajstić information content (AvgIpc) is 2.76. The van der Waals surface area contributed by atoms with E-state index in [2.05, 4.69) is 36.5 Å². The third-order valence-electron chi connectivity index (χ3n) is 5.10. The molecule has 0 unspecified atom stereocenters. The molecule has 1 N–H and O–H groups in total. The predicted molar refractivity (Wildman–Crippen MR) is 126 cm³/mol. The number of halogens is 1. The number of hydrogen-bond acceptors (Lipinski definition) is 3. The first-order chi connectivity index (χ1) is 14.9. The van der Waals surface area contributed by atoms with Crippen LogP contribution < -0.4 is 5.32 Å². The van der Waals surface area contributed by atoms with E-state index in [0.717, 1.165) is 29.7 Å². The molecule has 31 heavy (non-hydrogen) atoms. The number of benzene rings is 2. The number of nitrogens with zero attached hydrogens (tertiary/aromatic N) is 1. The number of rotatable bonds is 12. The highest BCUT2D eigenvalue weighted by atomic mass is 32.2. The van der Waals surface area contributed by atoms with Crippen LogP contribution in [0, 0.1) is 12.7 Å². The third-order valence-corrected chi connectivity index (χ3v) is 6.09. The van der Waals surface area contributed by atoms with Crippen molar-refractivity contribution >= 4 is 23.6 Å². The van der Waals surface area contributed by atoms with Gasteiger partial charge in [0.25, 0.3) is 0 Å². The summed E-state index contributed by atoms with van der Waals surface area (Å²) in [4.78, 5) is 27.6. The Morgan fingerprint density at radius 2 is 1.68 bits per heavy atom. The van der Waals surface area contributed by atoms with Crippen LogP contribution in [-0.2, 0) is 21.9 Å². The highest BCUT2D eigenvalue weighted by Gasteiger charge is 2.28. The standard InChI is InChI=1S/C25H33FN2O2S/c1-4-6-15-27-25(30)23(5-2)28(16-20-11-13-22(26)14-12-20)24(29)18-31-17-21-9-7-19(3)8-10-21/h7-14,23H,4-6,15-18H2,1-3H3,(H,27,30)/t23-/m1/s1. The SMILES string of the molecule is CCCCNC(=O)[C@@H](CC)N(Cc1ccc(F)cc1)C(=O)CSCc1ccc(C)cc1. The molecular weight excluding hydrogens is 411 g/mol. The van der Waals surface area contributed by atoms with Gasteiger partial charge in [0.1, 0.15) is 11.9 Å². The monoisotopic (exact) mass is 444 g/mol. The third kappa shape index (κ3) is 8.37. The number of nitrogens with one attached hydrogen (secondary N) is 1. The zero-order valence-electron chi connectivity index (χ0n) is 18.7. The summed E-state index contributed by atoms with van der Waals surface area (Å²) in [6, 6.07) is 13.8. The minimum Gasteiger partial charge on any atom is -0.354 e. The Morgan fingerprint density at radius 3 is 2.29 bits per heavy atom. The Labute approximate surface area is 189 Å². The number of hydrogen-bond donors (Lipinski definition) is 1. The van der Waals surface area contributed by atoms with Crippen LogP contribution in [0.4, 0.5) is 4.39 Å². The number of aryl methyl sites for hydroxylation is 1. The molecule has 0 aromatic heterocycles. The number of carbonyl (C=O) groups excluding carboxylic acids is 2. The van der Waals surface area contributed by atoms with Crippen molar-refractivity contribution in [1.29, 1.82) is 0 Å². The fraction of sp³-hybridized carbons (Fsp3) is 0.440. The zero-order valence-corrected chi connectivity index (χ0v) is 19.5. The van der Waals surface area contributed by atoms with E-state index in [4.69, 9.17) is 0 Å². The van der Waals surface area contributed by atoms with Crippen molar-refractivity contribution in [2.75, 3.05) is 12.3 Å². The molecule has 0 fully saturated rings. The molecule has 0 radical (unpaired) electrons. The van der Waals surface area contributed by atoms with E-state index in [0.29, 0.717) is 13.0 Å². The lowest BCUT2D eigenvalue weighted by molar-refractivity contribution is -0.139. The quantitative estimate of drug-likeness (QED) is 0.464. The molecule has 0 saturated carbocycles. The normalized spacial score (nSPS) is 11.7. The summed E-state index contributed by atoms with van der Waals surface area (Å²) in [5, 5.41) is 2.95. The molecule has 4 nitrogen and oxygen atoms in total. The fourth-order valence-corrected chi connectivity index (χ4v) is 4.11. The first-order valence-electron chi connectivity index (χ1n) is 10.9. The van der Waals surface area contributed by atoms with Crippen LogP contribution >= 0.6 is 11.8 Å². The second-order valence-electron chi connectivity index (χ2n) is 7.70. The Bertz CT molecular complexity index is 824. The maximum Gasteiger partial charge on any atom is 0.242 e. The van der Waals surface area contributed by atoms with Gasteiger partial charge in [-0.3, -0.25) is 9.59 Å². The van der Waals surface area contributed by atoms with Crippen molar-refractivity contribution in [3.8, 4) is 0 Å². The van der Waals surface area contributed by atoms with E-state index in [1.165, 1.54) is 29.5 Å². The minimum absolute atomic E-state index is 0.0843. The summed E-state index contributed by atoms with van der Waals surface area (Å²) in [5.74, 6) is 0.484. The van der Waals surface area contributed by atoms with Gasteiger partial charge < -0.3 is 10.2 Å². The maximum absolute atomic E-state index is 13.3. The molecule has 0 aliphatic carbocycles. The van der Waals surface area contributed by atoms with Gasteiger partial charge in [0.2, 0.25) is 11.8 Å². The molecular formula is C25H33FN2O2S. The van der Waals surface area contributed by atoms with Crippen LogP contribution in [0.25, 0.3) is 0 Å². The Hall–Kier alpha value is -2.34. The summed E-state index contributed by atoms with van der Waals surface area (Å²) in [6.45, 7) is 6.91. The molecule has 2 aromatic rings. The van der Waals surface area contributed by atoms with Gasteiger partial charge in [-0.15, -0.1) is 11.8 Å². The van der Waals surface area contributed by atoms with Crippen molar-refractivity contribution in [2.45, 2.75) is 58.4 Å². The lowest BCUT2D eigenvalue weighted by atomic mass is 10.1. The highest BCUT2D eigenvalue weighted by Crippen LogP contribution is 2.18.